The summed E-state index contributed by atoms with van der Waals surface area (Å²) in [5.41, 5.74) is 5.78. The maximum absolute atomic E-state index is 15.0. The third kappa shape index (κ3) is 10.7. The molecule has 0 radical (unpaired) electrons. The van der Waals surface area contributed by atoms with Gasteiger partial charge in [-0.2, -0.15) is 0 Å². The van der Waals surface area contributed by atoms with Crippen LogP contribution in [-0.4, -0.2) is 58.4 Å². The van der Waals surface area contributed by atoms with E-state index in [0.29, 0.717) is 46.4 Å². The minimum Gasteiger partial charge on any atom is -0.450 e. The molecule has 2 aliphatic rings. The lowest BCUT2D eigenvalue weighted by Crippen LogP contribution is -2.39. The number of halogens is 1. The number of ether oxygens (including phenoxy) is 2. The van der Waals surface area contributed by atoms with Crippen LogP contribution in [0.15, 0.2) is 47.3 Å². The number of benzene rings is 2. The molecule has 296 valence electrons. The molecule has 14 heteroatoms. The number of hydrogen-bond donors (Lipinski definition) is 4. The van der Waals surface area contributed by atoms with Gasteiger partial charge in [0, 0.05) is 23.4 Å². The van der Waals surface area contributed by atoms with Crippen LogP contribution in [0.25, 0.3) is 22.3 Å². The van der Waals surface area contributed by atoms with Crippen LogP contribution in [0.1, 0.15) is 92.4 Å². The molecule has 6 rings (SSSR count). The zero-order chi connectivity index (χ0) is 40.8. The second kappa shape index (κ2) is 20.7. The molecule has 2 aromatic carbocycles. The first kappa shape index (κ1) is 43.8. The van der Waals surface area contributed by atoms with E-state index >= 15 is 0 Å². The number of amides is 3. The number of carboxylic acid groups (broad SMARTS) is 1. The van der Waals surface area contributed by atoms with Gasteiger partial charge in [0.2, 0.25) is 17.7 Å². The zero-order valence-corrected chi connectivity index (χ0v) is 32.9. The Kier molecular flexibility index (Phi) is 16.5. The fourth-order valence-corrected chi connectivity index (χ4v) is 6.33. The second-order valence-corrected chi connectivity index (χ2v) is 12.4. The molecule has 0 fully saturated rings. The smallest absolute Gasteiger partial charge is 0.450 e. The highest BCUT2D eigenvalue weighted by atomic mass is 19.1. The average molecular weight is 762 g/mol. The molecule has 1 aliphatic heterocycles. The molecular formula is C41H52FN5O8. The van der Waals surface area contributed by atoms with Crippen LogP contribution in [0.5, 0.6) is 0 Å². The molecule has 4 aromatic rings. The minimum atomic E-state index is -1.50. The van der Waals surface area contributed by atoms with Gasteiger partial charge in [-0.3, -0.25) is 19.2 Å². The van der Waals surface area contributed by atoms with E-state index in [1.165, 1.54) is 16.2 Å². The summed E-state index contributed by atoms with van der Waals surface area (Å²) in [6.45, 7) is 14.1. The minimum absolute atomic E-state index is 0.126. The summed E-state index contributed by atoms with van der Waals surface area (Å²) in [5.74, 6) is -1.57. The van der Waals surface area contributed by atoms with Crippen molar-refractivity contribution in [1.29, 1.82) is 0 Å². The summed E-state index contributed by atoms with van der Waals surface area (Å²) in [6, 6.07) is 12.9. The van der Waals surface area contributed by atoms with Gasteiger partial charge < -0.3 is 35.1 Å². The van der Waals surface area contributed by atoms with Crippen molar-refractivity contribution >= 4 is 34.8 Å². The molecule has 3 amide bonds. The number of aryl methyl sites for hydroxylation is 3. The van der Waals surface area contributed by atoms with Crippen molar-refractivity contribution in [2.75, 3.05) is 19.9 Å². The molecule has 1 aliphatic carbocycles. The van der Waals surface area contributed by atoms with Crippen molar-refractivity contribution in [3.8, 4) is 11.4 Å². The predicted octanol–water partition coefficient (Wildman–Crippen LogP) is 6.14. The number of carbonyl (C=O) groups excluding carboxylic acids is 3. The highest BCUT2D eigenvalue weighted by Gasteiger charge is 2.35. The predicted molar refractivity (Wildman–Crippen MR) is 208 cm³/mol. The Bertz CT molecular complexity index is 2070. The Labute approximate surface area is 320 Å². The Hall–Kier alpha value is -5.63. The summed E-state index contributed by atoms with van der Waals surface area (Å²) in [5, 5.41) is 17.6. The largest absolute Gasteiger partial charge is 0.506 e. The molecule has 13 nitrogen and oxygen atoms in total. The standard InChI is InChI=1S/C30H32FN5O8.C7H8.2C2H6/c1-4-23(37)32-9-24(38)33-13-43-12-25(39)34-20-6-5-16-15(3)19(31)8-21-26(16)27(20)17-10-36-22(28(17)35-21)7-14(2)18(29(36)40)11-44-30(41)42;1-7-5-3-2-4-6-7;2*1-2/h7-8,20H,4-6,9-13H2,1-3H3,(H,32,37)(H,33,38)(H,34,39)(H,41,42);2-6H,1H3;2*1-2H3/t20-;;;/m0.../s1. The number of nitrogens with zero attached hydrogens (tertiary/aromatic N) is 2. The van der Waals surface area contributed by atoms with E-state index in [1.54, 1.807) is 26.8 Å². The van der Waals surface area contributed by atoms with Crippen molar-refractivity contribution in [3.63, 3.8) is 0 Å². The van der Waals surface area contributed by atoms with Crippen LogP contribution in [0.4, 0.5) is 9.18 Å². The van der Waals surface area contributed by atoms with Crippen LogP contribution in [0.3, 0.4) is 0 Å². The number of carbonyl (C=O) groups is 4. The van der Waals surface area contributed by atoms with Gasteiger partial charge >= 0.3 is 6.16 Å². The lowest BCUT2D eigenvalue weighted by Gasteiger charge is -2.29. The molecule has 1 atom stereocenters. The average Bonchev–Trinajstić information content (AvgIpc) is 3.54. The fourth-order valence-electron chi connectivity index (χ4n) is 6.33. The van der Waals surface area contributed by atoms with E-state index in [4.69, 9.17) is 14.8 Å². The molecule has 0 saturated carbocycles. The molecule has 0 unspecified atom stereocenters. The van der Waals surface area contributed by atoms with Gasteiger partial charge in [0.15, 0.2) is 0 Å². The molecule has 0 bridgehead atoms. The Morgan fingerprint density at radius 1 is 0.964 bits per heavy atom. The molecule has 3 heterocycles. The normalized spacial score (nSPS) is 12.9. The lowest BCUT2D eigenvalue weighted by atomic mass is 9.81. The highest BCUT2D eigenvalue weighted by molar-refractivity contribution is 5.93. The van der Waals surface area contributed by atoms with Crippen molar-refractivity contribution in [2.24, 2.45) is 0 Å². The van der Waals surface area contributed by atoms with Gasteiger partial charge in [-0.25, -0.2) is 14.2 Å². The molecular weight excluding hydrogens is 709 g/mol. The molecule has 0 saturated heterocycles. The molecule has 2 aromatic heterocycles. The van der Waals surface area contributed by atoms with Crippen LogP contribution < -0.4 is 21.5 Å². The van der Waals surface area contributed by atoms with Crippen LogP contribution in [-0.2, 0) is 43.4 Å². The summed E-state index contributed by atoms with van der Waals surface area (Å²) >= 11 is 0. The Morgan fingerprint density at radius 3 is 2.27 bits per heavy atom. The fraction of sp³-hybridized carbons (Fsp3) is 0.415. The Balaban J connectivity index is 0.000000648. The number of pyridine rings is 2. The summed E-state index contributed by atoms with van der Waals surface area (Å²) in [6.07, 6.45) is -0.292. The zero-order valence-electron chi connectivity index (χ0n) is 32.9. The first-order chi connectivity index (χ1) is 26.4. The summed E-state index contributed by atoms with van der Waals surface area (Å²) in [7, 11) is 0. The van der Waals surface area contributed by atoms with Crippen molar-refractivity contribution < 1.29 is 38.1 Å². The van der Waals surface area contributed by atoms with E-state index in [2.05, 4.69) is 39.7 Å². The van der Waals surface area contributed by atoms with Gasteiger partial charge in [-0.15, -0.1) is 0 Å². The number of hydrogen-bond acceptors (Lipinski definition) is 8. The first-order valence-corrected chi connectivity index (χ1v) is 18.6. The van der Waals surface area contributed by atoms with E-state index in [1.807, 2.05) is 45.9 Å². The maximum atomic E-state index is 15.0. The SMILES string of the molecule is CC.CC.CCC(=O)NCC(=O)NCOCC(=O)N[C@H]1CCc2c(C)c(F)cc3nc4c(c1c23)Cn1c-4cc(C)c(COC(=O)O)c1=O.Cc1ccccc1. The van der Waals surface area contributed by atoms with Gasteiger partial charge in [-0.1, -0.05) is 70.5 Å². The van der Waals surface area contributed by atoms with Gasteiger partial charge in [0.05, 0.1) is 41.6 Å². The van der Waals surface area contributed by atoms with E-state index in [9.17, 15) is 28.4 Å². The summed E-state index contributed by atoms with van der Waals surface area (Å²) in [4.78, 5) is 65.3. The third-order valence-corrected chi connectivity index (χ3v) is 8.95. The monoisotopic (exact) mass is 761 g/mol. The van der Waals surface area contributed by atoms with Crippen molar-refractivity contribution in [3.05, 3.63) is 97.6 Å². The van der Waals surface area contributed by atoms with E-state index in [0.717, 1.165) is 16.5 Å². The van der Waals surface area contributed by atoms with Crippen LogP contribution >= 0.6 is 0 Å². The van der Waals surface area contributed by atoms with Gasteiger partial charge in [0.25, 0.3) is 5.56 Å². The number of aromatic nitrogens is 2. The number of rotatable bonds is 10. The van der Waals surface area contributed by atoms with Crippen LogP contribution in [0.2, 0.25) is 0 Å². The van der Waals surface area contributed by atoms with Gasteiger partial charge in [-0.05, 0) is 61.9 Å². The van der Waals surface area contributed by atoms with Crippen LogP contribution in [0, 0.1) is 26.6 Å². The molecule has 55 heavy (non-hydrogen) atoms. The van der Waals surface area contributed by atoms with Crippen molar-refractivity contribution in [1.82, 2.24) is 25.5 Å². The lowest BCUT2D eigenvalue weighted by molar-refractivity contribution is -0.130. The van der Waals surface area contributed by atoms with E-state index in [-0.39, 0.29) is 44.3 Å². The molecule has 0 spiro atoms. The number of nitrogens with one attached hydrogen (secondary N) is 3. The summed E-state index contributed by atoms with van der Waals surface area (Å²) < 4.78 is 26.5. The third-order valence-electron chi connectivity index (χ3n) is 8.95. The quantitative estimate of drug-likeness (QED) is 0.0739. The maximum Gasteiger partial charge on any atom is 0.506 e. The first-order valence-electron chi connectivity index (χ1n) is 18.6. The van der Waals surface area contributed by atoms with Gasteiger partial charge in [0.1, 0.15) is 25.8 Å². The van der Waals surface area contributed by atoms with E-state index < -0.39 is 42.0 Å². The second-order valence-electron chi connectivity index (χ2n) is 12.4. The Morgan fingerprint density at radius 2 is 1.65 bits per heavy atom. The molecule has 4 N–H and O–H groups in total. The number of fused-ring (bicyclic) bond motifs is 4. The topological polar surface area (TPSA) is 178 Å². The van der Waals surface area contributed by atoms with Crippen molar-refractivity contribution in [2.45, 2.75) is 93.8 Å². The highest BCUT2D eigenvalue weighted by Crippen LogP contribution is 2.44.